The van der Waals surface area contributed by atoms with E-state index in [0.717, 1.165) is 31.2 Å². The Kier molecular flexibility index (Phi) is 6.79. The van der Waals surface area contributed by atoms with E-state index < -0.39 is 0 Å². The highest BCUT2D eigenvalue weighted by Gasteiger charge is 2.32. The Morgan fingerprint density at radius 2 is 1.91 bits per heavy atom. The van der Waals surface area contributed by atoms with Crippen molar-refractivity contribution in [1.29, 1.82) is 5.26 Å². The summed E-state index contributed by atoms with van der Waals surface area (Å²) in [4.78, 5) is 5.16. The fraction of sp³-hybridized carbons (Fsp3) is 0.526. The molecule has 1 saturated heterocycles. The van der Waals surface area contributed by atoms with Crippen molar-refractivity contribution in [2.75, 3.05) is 26.7 Å². The summed E-state index contributed by atoms with van der Waals surface area (Å²) in [7, 11) is 2.06. The Morgan fingerprint density at radius 1 is 1.22 bits per heavy atom. The summed E-state index contributed by atoms with van der Waals surface area (Å²) in [5.74, 6) is 0. The van der Waals surface area contributed by atoms with E-state index in [2.05, 4.69) is 53.5 Å². The average molecular weight is 312 g/mol. The highest BCUT2D eigenvalue weighted by atomic mass is 15.4. The van der Waals surface area contributed by atoms with Crippen LogP contribution in [0, 0.1) is 11.3 Å². The van der Waals surface area contributed by atoms with Crippen LogP contribution in [0.15, 0.2) is 37.4 Å². The molecule has 1 heterocycles. The smallest absolute Gasteiger partial charge is 0.0991 e. The SMILES string of the molecule is C=C.CNC1CN(C2CCC2)CCN1Cc1ccc(C#N)cc1. The van der Waals surface area contributed by atoms with E-state index >= 15 is 0 Å². The zero-order chi connectivity index (χ0) is 16.7. The van der Waals surface area contributed by atoms with Gasteiger partial charge < -0.3 is 5.32 Å². The van der Waals surface area contributed by atoms with Crippen molar-refractivity contribution in [3.05, 3.63) is 48.6 Å². The first-order valence-electron chi connectivity index (χ1n) is 8.44. The number of piperazine rings is 1. The molecule has 23 heavy (non-hydrogen) atoms. The summed E-state index contributed by atoms with van der Waals surface area (Å²) in [5, 5.41) is 12.3. The molecule has 0 bridgehead atoms. The predicted octanol–water partition coefficient (Wildman–Crippen LogP) is 2.58. The molecule has 3 rings (SSSR count). The van der Waals surface area contributed by atoms with Crippen LogP contribution in [0.2, 0.25) is 0 Å². The van der Waals surface area contributed by atoms with E-state index in [4.69, 9.17) is 5.26 Å². The Balaban J connectivity index is 0.000000924. The van der Waals surface area contributed by atoms with Crippen LogP contribution in [-0.4, -0.2) is 48.7 Å². The molecule has 1 atom stereocenters. The van der Waals surface area contributed by atoms with E-state index in [1.807, 2.05) is 12.1 Å². The molecule has 0 radical (unpaired) electrons. The molecule has 0 amide bonds. The number of benzene rings is 1. The molecule has 1 aromatic carbocycles. The van der Waals surface area contributed by atoms with Gasteiger partial charge in [-0.15, -0.1) is 13.2 Å². The van der Waals surface area contributed by atoms with Crippen LogP contribution in [0.5, 0.6) is 0 Å². The summed E-state index contributed by atoms with van der Waals surface area (Å²) in [6.45, 7) is 10.4. The van der Waals surface area contributed by atoms with Crippen LogP contribution < -0.4 is 5.32 Å². The number of nitriles is 1. The molecule has 1 aromatic rings. The Labute approximate surface area is 140 Å². The van der Waals surface area contributed by atoms with Gasteiger partial charge in [0.25, 0.3) is 0 Å². The van der Waals surface area contributed by atoms with E-state index in [0.29, 0.717) is 6.17 Å². The van der Waals surface area contributed by atoms with Gasteiger partial charge >= 0.3 is 0 Å². The normalized spacial score (nSPS) is 22.5. The molecular formula is C19H28N4. The summed E-state index contributed by atoms with van der Waals surface area (Å²) in [5.41, 5.74) is 2.02. The lowest BCUT2D eigenvalue weighted by Gasteiger charge is -2.47. The van der Waals surface area contributed by atoms with Crippen LogP contribution in [0.25, 0.3) is 0 Å². The highest BCUT2D eigenvalue weighted by molar-refractivity contribution is 5.31. The quantitative estimate of drug-likeness (QED) is 0.868. The minimum atomic E-state index is 0.426. The van der Waals surface area contributed by atoms with Gasteiger partial charge in [-0.3, -0.25) is 9.80 Å². The van der Waals surface area contributed by atoms with Crippen LogP contribution in [0.4, 0.5) is 0 Å². The predicted molar refractivity (Wildman–Crippen MR) is 94.9 cm³/mol. The van der Waals surface area contributed by atoms with Gasteiger partial charge in [0.1, 0.15) is 0 Å². The first-order valence-corrected chi connectivity index (χ1v) is 8.44. The maximum atomic E-state index is 8.86. The summed E-state index contributed by atoms with van der Waals surface area (Å²) in [6.07, 6.45) is 4.59. The van der Waals surface area contributed by atoms with Crippen LogP contribution in [0.3, 0.4) is 0 Å². The standard InChI is InChI=1S/C17H24N4.C2H4/c1-19-17-13-20(16-3-2-4-16)9-10-21(17)12-15-7-5-14(11-18)6-8-15;1-2/h5-8,16-17,19H,2-4,9-10,12-13H2,1H3;1-2H2. The van der Waals surface area contributed by atoms with Crippen molar-refractivity contribution in [2.45, 2.75) is 38.0 Å². The molecule has 1 aliphatic carbocycles. The molecule has 1 saturated carbocycles. The number of rotatable bonds is 4. The Hall–Kier alpha value is -1.67. The second kappa shape index (κ2) is 8.83. The first kappa shape index (κ1) is 17.7. The molecule has 1 N–H and O–H groups in total. The molecule has 0 spiro atoms. The minimum absolute atomic E-state index is 0.426. The van der Waals surface area contributed by atoms with Gasteiger partial charge in [0.05, 0.1) is 17.8 Å². The zero-order valence-electron chi connectivity index (χ0n) is 14.2. The topological polar surface area (TPSA) is 42.3 Å². The van der Waals surface area contributed by atoms with Crippen molar-refractivity contribution in [2.24, 2.45) is 0 Å². The third-order valence-corrected chi connectivity index (χ3v) is 4.92. The van der Waals surface area contributed by atoms with Crippen molar-refractivity contribution < 1.29 is 0 Å². The minimum Gasteiger partial charge on any atom is -0.304 e. The molecule has 4 heteroatoms. The maximum Gasteiger partial charge on any atom is 0.0991 e. The van der Waals surface area contributed by atoms with E-state index in [1.54, 1.807) is 0 Å². The Morgan fingerprint density at radius 3 is 2.43 bits per heavy atom. The van der Waals surface area contributed by atoms with Gasteiger partial charge in [-0.05, 0) is 37.6 Å². The fourth-order valence-corrected chi connectivity index (χ4v) is 3.31. The first-order chi connectivity index (χ1) is 11.3. The molecule has 4 nitrogen and oxygen atoms in total. The molecular weight excluding hydrogens is 284 g/mol. The summed E-state index contributed by atoms with van der Waals surface area (Å²) < 4.78 is 0. The number of hydrogen-bond donors (Lipinski definition) is 1. The monoisotopic (exact) mass is 312 g/mol. The molecule has 0 aromatic heterocycles. The average Bonchev–Trinajstić information content (AvgIpc) is 2.57. The molecule has 2 aliphatic rings. The van der Waals surface area contributed by atoms with Crippen molar-refractivity contribution in [3.8, 4) is 6.07 Å². The van der Waals surface area contributed by atoms with Gasteiger partial charge in [0.15, 0.2) is 0 Å². The number of nitrogens with zero attached hydrogens (tertiary/aromatic N) is 3. The van der Waals surface area contributed by atoms with Crippen LogP contribution >= 0.6 is 0 Å². The lowest BCUT2D eigenvalue weighted by atomic mass is 9.91. The van der Waals surface area contributed by atoms with Crippen molar-refractivity contribution >= 4 is 0 Å². The van der Waals surface area contributed by atoms with Gasteiger partial charge in [0.2, 0.25) is 0 Å². The lowest BCUT2D eigenvalue weighted by Crippen LogP contribution is -2.60. The van der Waals surface area contributed by atoms with E-state index in [1.165, 1.54) is 31.4 Å². The highest BCUT2D eigenvalue weighted by Crippen LogP contribution is 2.26. The molecule has 1 aliphatic heterocycles. The van der Waals surface area contributed by atoms with Gasteiger partial charge in [-0.2, -0.15) is 5.26 Å². The largest absolute Gasteiger partial charge is 0.304 e. The number of hydrogen-bond acceptors (Lipinski definition) is 4. The second-order valence-electron chi connectivity index (χ2n) is 6.16. The van der Waals surface area contributed by atoms with E-state index in [9.17, 15) is 0 Å². The summed E-state index contributed by atoms with van der Waals surface area (Å²) in [6, 6.07) is 11.0. The van der Waals surface area contributed by atoms with E-state index in [-0.39, 0.29) is 0 Å². The van der Waals surface area contributed by atoms with Gasteiger partial charge in [-0.25, -0.2) is 0 Å². The van der Waals surface area contributed by atoms with Crippen molar-refractivity contribution in [3.63, 3.8) is 0 Å². The third kappa shape index (κ3) is 4.42. The summed E-state index contributed by atoms with van der Waals surface area (Å²) >= 11 is 0. The lowest BCUT2D eigenvalue weighted by molar-refractivity contribution is 0.0100. The molecule has 1 unspecified atom stereocenters. The van der Waals surface area contributed by atoms with Crippen molar-refractivity contribution in [1.82, 2.24) is 15.1 Å². The maximum absolute atomic E-state index is 8.86. The number of likely N-dealkylation sites (N-methyl/N-ethyl adjacent to an activating group) is 1. The zero-order valence-corrected chi connectivity index (χ0v) is 14.2. The number of nitrogens with one attached hydrogen (secondary N) is 1. The Bertz CT molecular complexity index is 515. The second-order valence-corrected chi connectivity index (χ2v) is 6.16. The van der Waals surface area contributed by atoms with Crippen LogP contribution in [-0.2, 0) is 6.54 Å². The van der Waals surface area contributed by atoms with Gasteiger partial charge in [-0.1, -0.05) is 18.6 Å². The van der Waals surface area contributed by atoms with Gasteiger partial charge in [0, 0.05) is 32.2 Å². The molecule has 124 valence electrons. The third-order valence-electron chi connectivity index (χ3n) is 4.92. The van der Waals surface area contributed by atoms with Crippen LogP contribution in [0.1, 0.15) is 30.4 Å². The fourth-order valence-electron chi connectivity index (χ4n) is 3.31. The molecule has 2 fully saturated rings.